The van der Waals surface area contributed by atoms with E-state index in [9.17, 15) is 14.5 Å². The van der Waals surface area contributed by atoms with Gasteiger partial charge in [-0.2, -0.15) is 0 Å². The molecule has 0 aliphatic heterocycles. The number of benzene rings is 2. The average molecular weight is 304 g/mol. The summed E-state index contributed by atoms with van der Waals surface area (Å²) in [6.45, 7) is 1.07. The van der Waals surface area contributed by atoms with Gasteiger partial charge in [0.1, 0.15) is 0 Å². The molecule has 0 saturated heterocycles. The van der Waals surface area contributed by atoms with E-state index in [1.807, 2.05) is 18.0 Å². The van der Waals surface area contributed by atoms with E-state index in [1.54, 1.807) is 24.3 Å². The highest BCUT2D eigenvalue weighted by molar-refractivity contribution is 5.34. The number of nitrogens with zero attached hydrogens (tertiary/aromatic N) is 2. The van der Waals surface area contributed by atoms with E-state index < -0.39 is 10.7 Å². The van der Waals surface area contributed by atoms with Gasteiger partial charge in [-0.25, -0.2) is 4.39 Å². The molecule has 0 saturated carbocycles. The minimum Gasteiger partial charge on any atom is -0.494 e. The fourth-order valence-electron chi connectivity index (χ4n) is 2.26. The Labute approximate surface area is 128 Å². The van der Waals surface area contributed by atoms with Gasteiger partial charge in [0.2, 0.25) is 0 Å². The monoisotopic (exact) mass is 304 g/mol. The van der Waals surface area contributed by atoms with Crippen LogP contribution in [-0.2, 0) is 13.1 Å². The molecule has 0 aromatic heterocycles. The molecule has 5 nitrogen and oxygen atoms in total. The van der Waals surface area contributed by atoms with Crippen LogP contribution < -0.4 is 4.74 Å². The zero-order valence-electron chi connectivity index (χ0n) is 12.5. The minimum absolute atomic E-state index is 0.0707. The number of non-ortho nitro benzene ring substituents is 1. The van der Waals surface area contributed by atoms with Gasteiger partial charge in [-0.15, -0.1) is 0 Å². The van der Waals surface area contributed by atoms with Gasteiger partial charge in [0, 0.05) is 25.2 Å². The second-order valence-electron chi connectivity index (χ2n) is 5.07. The van der Waals surface area contributed by atoms with Gasteiger partial charge in [-0.3, -0.25) is 15.0 Å². The van der Waals surface area contributed by atoms with Crippen molar-refractivity contribution in [2.24, 2.45) is 0 Å². The SMILES string of the molecule is COc1ccc(CN(C)Cc2cccc([N+](=O)[O-])c2)cc1F. The minimum atomic E-state index is -0.414. The van der Waals surface area contributed by atoms with E-state index in [4.69, 9.17) is 4.74 Å². The molecule has 0 atom stereocenters. The van der Waals surface area contributed by atoms with Crippen molar-refractivity contribution in [3.63, 3.8) is 0 Å². The van der Waals surface area contributed by atoms with Gasteiger partial charge in [0.05, 0.1) is 12.0 Å². The maximum atomic E-state index is 13.7. The zero-order valence-corrected chi connectivity index (χ0v) is 12.5. The fourth-order valence-corrected chi connectivity index (χ4v) is 2.26. The molecule has 0 aliphatic carbocycles. The van der Waals surface area contributed by atoms with E-state index in [1.165, 1.54) is 19.2 Å². The predicted molar refractivity (Wildman–Crippen MR) is 81.2 cm³/mol. The topological polar surface area (TPSA) is 55.6 Å². The Morgan fingerprint density at radius 1 is 1.18 bits per heavy atom. The highest BCUT2D eigenvalue weighted by Crippen LogP contribution is 2.19. The standard InChI is InChI=1S/C16H17FN2O3/c1-18(10-12-4-3-5-14(8-12)19(20)21)11-13-6-7-16(22-2)15(17)9-13/h3-9H,10-11H2,1-2H3. The molecule has 2 aromatic carbocycles. The van der Waals surface area contributed by atoms with Gasteiger partial charge in [-0.1, -0.05) is 18.2 Å². The van der Waals surface area contributed by atoms with Crippen LogP contribution in [-0.4, -0.2) is 24.0 Å². The molecule has 0 aliphatic rings. The Bertz CT molecular complexity index is 676. The van der Waals surface area contributed by atoms with Gasteiger partial charge < -0.3 is 4.74 Å². The van der Waals surface area contributed by atoms with Crippen molar-refractivity contribution in [3.8, 4) is 5.75 Å². The molecule has 0 bridgehead atoms. The van der Waals surface area contributed by atoms with Crippen LogP contribution in [0.2, 0.25) is 0 Å². The molecular formula is C16H17FN2O3. The number of hydrogen-bond acceptors (Lipinski definition) is 4. The second-order valence-corrected chi connectivity index (χ2v) is 5.07. The Morgan fingerprint density at radius 3 is 2.45 bits per heavy atom. The van der Waals surface area contributed by atoms with Crippen LogP contribution in [0.1, 0.15) is 11.1 Å². The molecule has 0 fully saturated rings. The van der Waals surface area contributed by atoms with Gasteiger partial charge in [0.25, 0.3) is 5.69 Å². The van der Waals surface area contributed by atoms with Gasteiger partial charge >= 0.3 is 0 Å². The van der Waals surface area contributed by atoms with Crippen LogP contribution in [0, 0.1) is 15.9 Å². The number of ether oxygens (including phenoxy) is 1. The zero-order chi connectivity index (χ0) is 16.1. The fraction of sp³-hybridized carbons (Fsp3) is 0.250. The van der Waals surface area contributed by atoms with Crippen molar-refractivity contribution in [2.45, 2.75) is 13.1 Å². The summed E-state index contributed by atoms with van der Waals surface area (Å²) in [6, 6.07) is 11.3. The molecule has 22 heavy (non-hydrogen) atoms. The maximum absolute atomic E-state index is 13.7. The smallest absolute Gasteiger partial charge is 0.269 e. The van der Waals surface area contributed by atoms with E-state index >= 15 is 0 Å². The molecule has 0 amide bonds. The van der Waals surface area contributed by atoms with Crippen LogP contribution in [0.5, 0.6) is 5.75 Å². The van der Waals surface area contributed by atoms with Crippen molar-refractivity contribution in [2.75, 3.05) is 14.2 Å². The highest BCUT2D eigenvalue weighted by atomic mass is 19.1. The van der Waals surface area contributed by atoms with Crippen LogP contribution in [0.4, 0.5) is 10.1 Å². The molecule has 0 heterocycles. The molecular weight excluding hydrogens is 287 g/mol. The number of methoxy groups -OCH3 is 1. The number of halogens is 1. The van der Waals surface area contributed by atoms with Gasteiger partial charge in [-0.05, 0) is 30.3 Å². The summed E-state index contributed by atoms with van der Waals surface area (Å²) in [7, 11) is 3.30. The first-order chi connectivity index (χ1) is 10.5. The lowest BCUT2D eigenvalue weighted by molar-refractivity contribution is -0.384. The molecule has 116 valence electrons. The summed E-state index contributed by atoms with van der Waals surface area (Å²) in [5.74, 6) is -0.186. The Morgan fingerprint density at radius 2 is 1.86 bits per heavy atom. The third kappa shape index (κ3) is 4.02. The van der Waals surface area contributed by atoms with Crippen LogP contribution in [0.15, 0.2) is 42.5 Å². The molecule has 2 aromatic rings. The molecule has 0 spiro atoms. The van der Waals surface area contributed by atoms with Crippen LogP contribution in [0.25, 0.3) is 0 Å². The number of nitro benzene ring substituents is 1. The Balaban J connectivity index is 2.03. The lowest BCUT2D eigenvalue weighted by Gasteiger charge is -2.17. The second kappa shape index (κ2) is 7.00. The number of rotatable bonds is 6. The third-order valence-electron chi connectivity index (χ3n) is 3.24. The van der Waals surface area contributed by atoms with Crippen LogP contribution in [0.3, 0.4) is 0 Å². The third-order valence-corrected chi connectivity index (χ3v) is 3.24. The quantitative estimate of drug-likeness (QED) is 0.606. The first-order valence-corrected chi connectivity index (χ1v) is 6.74. The lowest BCUT2D eigenvalue weighted by Crippen LogP contribution is -2.17. The lowest BCUT2D eigenvalue weighted by atomic mass is 10.1. The maximum Gasteiger partial charge on any atom is 0.269 e. The Kier molecular flexibility index (Phi) is 5.06. The van der Waals surface area contributed by atoms with Crippen LogP contribution >= 0.6 is 0 Å². The molecule has 2 rings (SSSR count). The molecule has 0 radical (unpaired) electrons. The van der Waals surface area contributed by atoms with Crippen molar-refractivity contribution in [3.05, 3.63) is 69.5 Å². The number of hydrogen-bond donors (Lipinski definition) is 0. The van der Waals surface area contributed by atoms with E-state index in [0.717, 1.165) is 11.1 Å². The summed E-state index contributed by atoms with van der Waals surface area (Å²) >= 11 is 0. The van der Waals surface area contributed by atoms with Crippen molar-refractivity contribution in [1.82, 2.24) is 4.90 Å². The predicted octanol–water partition coefficient (Wildman–Crippen LogP) is 3.37. The Hall–Kier alpha value is -2.47. The summed E-state index contributed by atoms with van der Waals surface area (Å²) in [4.78, 5) is 12.3. The van der Waals surface area contributed by atoms with Crippen molar-refractivity contribution < 1.29 is 14.1 Å². The van der Waals surface area contributed by atoms with Crippen molar-refractivity contribution in [1.29, 1.82) is 0 Å². The van der Waals surface area contributed by atoms with E-state index in [-0.39, 0.29) is 11.4 Å². The summed E-state index contributed by atoms with van der Waals surface area (Å²) in [5, 5.41) is 10.8. The summed E-state index contributed by atoms with van der Waals surface area (Å²) in [5.41, 5.74) is 1.72. The van der Waals surface area contributed by atoms with E-state index in [0.29, 0.717) is 13.1 Å². The molecule has 6 heteroatoms. The largest absolute Gasteiger partial charge is 0.494 e. The summed E-state index contributed by atoms with van der Waals surface area (Å²) < 4.78 is 18.5. The molecule has 0 N–H and O–H groups in total. The van der Waals surface area contributed by atoms with Crippen molar-refractivity contribution >= 4 is 5.69 Å². The average Bonchev–Trinajstić information content (AvgIpc) is 2.47. The first kappa shape index (κ1) is 15.9. The van der Waals surface area contributed by atoms with E-state index in [2.05, 4.69) is 0 Å². The first-order valence-electron chi connectivity index (χ1n) is 6.74. The number of nitro groups is 1. The normalized spacial score (nSPS) is 10.7. The highest BCUT2D eigenvalue weighted by Gasteiger charge is 2.09. The summed E-state index contributed by atoms with van der Waals surface area (Å²) in [6.07, 6.45) is 0. The van der Waals surface area contributed by atoms with Gasteiger partial charge in [0.15, 0.2) is 11.6 Å². The molecule has 0 unspecified atom stereocenters.